The zero-order valence-electron chi connectivity index (χ0n) is 14.8. The van der Waals surface area contributed by atoms with E-state index in [1.807, 2.05) is 60.7 Å². The van der Waals surface area contributed by atoms with Crippen LogP contribution in [0.25, 0.3) is 44.3 Å². The molecule has 0 atom stereocenters. The number of aromatic hydroxyl groups is 1. The van der Waals surface area contributed by atoms with E-state index in [0.717, 1.165) is 33.3 Å². The quantitative estimate of drug-likeness (QED) is 0.482. The van der Waals surface area contributed by atoms with Gasteiger partial charge in [0.05, 0.1) is 16.6 Å². The summed E-state index contributed by atoms with van der Waals surface area (Å²) in [5, 5.41) is 11.2. The third kappa shape index (κ3) is 2.61. The summed E-state index contributed by atoms with van der Waals surface area (Å²) in [4.78, 5) is 24.4. The summed E-state index contributed by atoms with van der Waals surface area (Å²) in [7, 11) is 0. The summed E-state index contributed by atoms with van der Waals surface area (Å²) in [5.41, 5.74) is 4.35. The zero-order chi connectivity index (χ0) is 19.1. The van der Waals surface area contributed by atoms with Crippen molar-refractivity contribution in [2.75, 3.05) is 0 Å². The van der Waals surface area contributed by atoms with E-state index in [1.165, 1.54) is 6.20 Å². The maximum absolute atomic E-state index is 12.5. The lowest BCUT2D eigenvalue weighted by Crippen LogP contribution is -2.04. The Morgan fingerprint density at radius 2 is 1.75 bits per heavy atom. The van der Waals surface area contributed by atoms with E-state index in [0.29, 0.717) is 11.0 Å². The van der Waals surface area contributed by atoms with Crippen molar-refractivity contribution >= 4 is 21.9 Å². The predicted molar refractivity (Wildman–Crippen MR) is 110 cm³/mol. The van der Waals surface area contributed by atoms with Crippen LogP contribution < -0.4 is 5.43 Å². The SMILES string of the molecule is O=c1c(O)c[nH]c2nc(-c3ccccc3)c(-c3ccc4ncccc4c3)cc12. The van der Waals surface area contributed by atoms with Gasteiger partial charge < -0.3 is 10.1 Å². The molecule has 0 amide bonds. The first-order valence-corrected chi connectivity index (χ1v) is 8.87. The van der Waals surface area contributed by atoms with Crippen LogP contribution in [0.3, 0.4) is 0 Å². The van der Waals surface area contributed by atoms with Crippen LogP contribution in [-0.2, 0) is 0 Å². The summed E-state index contributed by atoms with van der Waals surface area (Å²) < 4.78 is 0. The molecule has 2 N–H and O–H groups in total. The monoisotopic (exact) mass is 365 g/mol. The molecule has 5 aromatic rings. The molecule has 2 aromatic carbocycles. The number of fused-ring (bicyclic) bond motifs is 2. The largest absolute Gasteiger partial charge is 0.503 e. The van der Waals surface area contributed by atoms with Gasteiger partial charge in [0, 0.05) is 28.9 Å². The first-order valence-electron chi connectivity index (χ1n) is 8.87. The van der Waals surface area contributed by atoms with E-state index in [2.05, 4.69) is 9.97 Å². The van der Waals surface area contributed by atoms with Crippen molar-refractivity contribution < 1.29 is 5.11 Å². The van der Waals surface area contributed by atoms with Gasteiger partial charge in [-0.3, -0.25) is 9.78 Å². The van der Waals surface area contributed by atoms with Crippen molar-refractivity contribution in [3.8, 4) is 28.1 Å². The third-order valence-corrected chi connectivity index (χ3v) is 4.81. The van der Waals surface area contributed by atoms with Gasteiger partial charge in [-0.2, -0.15) is 0 Å². The molecule has 134 valence electrons. The van der Waals surface area contributed by atoms with E-state index >= 15 is 0 Å². The Kier molecular flexibility index (Phi) is 3.66. The maximum Gasteiger partial charge on any atom is 0.232 e. The fourth-order valence-corrected chi connectivity index (χ4v) is 3.42. The van der Waals surface area contributed by atoms with Crippen molar-refractivity contribution in [2.24, 2.45) is 0 Å². The lowest BCUT2D eigenvalue weighted by molar-refractivity contribution is 0.469. The average Bonchev–Trinajstić information content (AvgIpc) is 2.76. The Labute approximate surface area is 160 Å². The lowest BCUT2D eigenvalue weighted by atomic mass is 9.97. The number of aromatic amines is 1. The van der Waals surface area contributed by atoms with Gasteiger partial charge in [0.1, 0.15) is 5.65 Å². The molecule has 3 aromatic heterocycles. The molecule has 5 nitrogen and oxygen atoms in total. The number of hydrogen-bond donors (Lipinski definition) is 2. The molecule has 0 fully saturated rings. The molecule has 0 aliphatic carbocycles. The summed E-state index contributed by atoms with van der Waals surface area (Å²) in [6.45, 7) is 0. The minimum Gasteiger partial charge on any atom is -0.503 e. The molecule has 5 heteroatoms. The van der Waals surface area contributed by atoms with E-state index < -0.39 is 5.43 Å². The van der Waals surface area contributed by atoms with Gasteiger partial charge in [-0.25, -0.2) is 4.98 Å². The zero-order valence-corrected chi connectivity index (χ0v) is 14.8. The van der Waals surface area contributed by atoms with E-state index in [9.17, 15) is 9.90 Å². The van der Waals surface area contributed by atoms with Crippen LogP contribution >= 0.6 is 0 Å². The molecule has 0 bridgehead atoms. The first-order chi connectivity index (χ1) is 13.7. The molecule has 0 spiro atoms. The van der Waals surface area contributed by atoms with Crippen LogP contribution in [0, 0.1) is 0 Å². The number of hydrogen-bond acceptors (Lipinski definition) is 4. The minimum absolute atomic E-state index is 0.324. The van der Waals surface area contributed by atoms with Crippen LogP contribution in [0.1, 0.15) is 0 Å². The lowest BCUT2D eigenvalue weighted by Gasteiger charge is -2.12. The van der Waals surface area contributed by atoms with Crippen LogP contribution in [-0.4, -0.2) is 20.1 Å². The van der Waals surface area contributed by atoms with Gasteiger partial charge in [-0.05, 0) is 29.8 Å². The maximum atomic E-state index is 12.5. The third-order valence-electron chi connectivity index (χ3n) is 4.81. The molecule has 0 radical (unpaired) electrons. The van der Waals surface area contributed by atoms with Crippen LogP contribution in [0.4, 0.5) is 0 Å². The predicted octanol–water partition coefficient (Wildman–Crippen LogP) is 4.51. The normalized spacial score (nSPS) is 11.1. The number of aromatic nitrogens is 3. The Morgan fingerprint density at radius 3 is 2.61 bits per heavy atom. The molecule has 3 heterocycles. The highest BCUT2D eigenvalue weighted by molar-refractivity contribution is 5.93. The van der Waals surface area contributed by atoms with Gasteiger partial charge in [-0.1, -0.05) is 42.5 Å². The highest BCUT2D eigenvalue weighted by Crippen LogP contribution is 2.33. The fraction of sp³-hybridized carbons (Fsp3) is 0. The Morgan fingerprint density at radius 1 is 0.893 bits per heavy atom. The Balaban J connectivity index is 1.86. The second-order valence-corrected chi connectivity index (χ2v) is 6.56. The number of pyridine rings is 3. The topological polar surface area (TPSA) is 78.9 Å². The van der Waals surface area contributed by atoms with Gasteiger partial charge in [0.15, 0.2) is 5.75 Å². The highest BCUT2D eigenvalue weighted by Gasteiger charge is 2.15. The summed E-state index contributed by atoms with van der Waals surface area (Å²) in [6.07, 6.45) is 3.03. The van der Waals surface area contributed by atoms with Crippen molar-refractivity contribution in [1.82, 2.24) is 15.0 Å². The second-order valence-electron chi connectivity index (χ2n) is 6.56. The molecule has 0 aliphatic heterocycles. The molecule has 0 saturated carbocycles. The highest BCUT2D eigenvalue weighted by atomic mass is 16.3. The molecule has 5 rings (SSSR count). The molecule has 0 saturated heterocycles. The van der Waals surface area contributed by atoms with E-state index in [1.54, 1.807) is 12.3 Å². The van der Waals surface area contributed by atoms with Crippen LogP contribution in [0.5, 0.6) is 5.75 Å². The van der Waals surface area contributed by atoms with Gasteiger partial charge in [0.25, 0.3) is 0 Å². The fourth-order valence-electron chi connectivity index (χ4n) is 3.42. The van der Waals surface area contributed by atoms with Gasteiger partial charge >= 0.3 is 0 Å². The molecule has 0 aliphatic rings. The molecular formula is C23H15N3O2. The number of H-pyrrole nitrogens is 1. The Hall–Kier alpha value is -3.99. The van der Waals surface area contributed by atoms with E-state index in [4.69, 9.17) is 4.98 Å². The van der Waals surface area contributed by atoms with E-state index in [-0.39, 0.29) is 5.75 Å². The van der Waals surface area contributed by atoms with Gasteiger partial charge in [-0.15, -0.1) is 0 Å². The number of rotatable bonds is 2. The standard InChI is InChI=1S/C23H15N3O2/c27-20-13-25-23-18(22(20)28)12-17(21(26-23)14-5-2-1-3-6-14)15-8-9-19-16(11-15)7-4-10-24-19/h1-13,27H,(H,25,26,28). The molecule has 28 heavy (non-hydrogen) atoms. The van der Waals surface area contributed by atoms with Crippen molar-refractivity contribution in [3.63, 3.8) is 0 Å². The minimum atomic E-state index is -0.440. The van der Waals surface area contributed by atoms with Crippen molar-refractivity contribution in [3.05, 3.63) is 89.3 Å². The summed E-state index contributed by atoms with van der Waals surface area (Å²) in [6, 6.07) is 21.5. The Bertz CT molecular complexity index is 1390. The summed E-state index contributed by atoms with van der Waals surface area (Å²) in [5.74, 6) is -0.324. The number of benzene rings is 2. The van der Waals surface area contributed by atoms with Crippen molar-refractivity contribution in [2.45, 2.75) is 0 Å². The van der Waals surface area contributed by atoms with Crippen molar-refractivity contribution in [1.29, 1.82) is 0 Å². The van der Waals surface area contributed by atoms with Crippen LogP contribution in [0.15, 0.2) is 83.9 Å². The smallest absolute Gasteiger partial charge is 0.232 e. The van der Waals surface area contributed by atoms with Gasteiger partial charge in [0.2, 0.25) is 5.43 Å². The second kappa shape index (κ2) is 6.32. The number of nitrogens with one attached hydrogen (secondary N) is 1. The summed E-state index contributed by atoms with van der Waals surface area (Å²) >= 11 is 0. The average molecular weight is 365 g/mol. The number of nitrogens with zero attached hydrogens (tertiary/aromatic N) is 2. The molecule has 0 unspecified atom stereocenters. The van der Waals surface area contributed by atoms with Crippen LogP contribution in [0.2, 0.25) is 0 Å². The molecular weight excluding hydrogens is 350 g/mol. The first kappa shape index (κ1) is 16.2.